The van der Waals surface area contributed by atoms with Crippen molar-refractivity contribution in [1.82, 2.24) is 9.97 Å². The topological polar surface area (TPSA) is 83.3 Å². The van der Waals surface area contributed by atoms with Crippen molar-refractivity contribution in [2.45, 2.75) is 92.4 Å². The third kappa shape index (κ3) is 3.70. The number of aliphatic hydroxyl groups excluding tert-OH is 1. The van der Waals surface area contributed by atoms with Crippen LogP contribution in [0.15, 0.2) is 30.6 Å². The minimum atomic E-state index is -1.08. The van der Waals surface area contributed by atoms with E-state index in [1.807, 2.05) is 0 Å². The highest BCUT2D eigenvalue weighted by Crippen LogP contribution is 2.73. The van der Waals surface area contributed by atoms with Crippen LogP contribution in [0.5, 0.6) is 0 Å². The first-order valence-electron chi connectivity index (χ1n) is 15.4. The molecule has 0 saturated heterocycles. The Balaban J connectivity index is 1.32. The maximum atomic E-state index is 11.3. The summed E-state index contributed by atoms with van der Waals surface area (Å²) in [6.07, 6.45) is 16.9. The molecule has 5 aliphatic carbocycles. The molecular formula is C34H48N2O3. The molecule has 0 bridgehead atoms. The number of hydrogen-bond acceptors (Lipinski definition) is 4. The van der Waals surface area contributed by atoms with Crippen LogP contribution in [0.25, 0.3) is 5.57 Å². The van der Waals surface area contributed by atoms with Crippen molar-refractivity contribution in [3.8, 4) is 0 Å². The first-order chi connectivity index (χ1) is 18.4. The van der Waals surface area contributed by atoms with Crippen LogP contribution >= 0.6 is 0 Å². The lowest BCUT2D eigenvalue weighted by molar-refractivity contribution is -0.181. The highest BCUT2D eigenvalue weighted by Gasteiger charge is 2.66. The second kappa shape index (κ2) is 8.99. The summed E-state index contributed by atoms with van der Waals surface area (Å²) in [5.41, 5.74) is 4.26. The summed E-state index contributed by atoms with van der Waals surface area (Å²) in [4.78, 5) is 19.6. The normalized spacial score (nSPS) is 44.3. The van der Waals surface area contributed by atoms with E-state index in [9.17, 15) is 15.0 Å². The molecule has 0 radical (unpaired) electrons. The molecule has 5 aliphatic rings. The SMILES string of the molecule is C=C(C)[C@@H]1CC[C@]2(CO)CC[C@@]3(C)C4CC[C@H]5C(C)(C)C(c6cnc(C(=O)O)nc6)=CC[C@]5(C)[C@H]4CC[C@@H]3[C@@H]12. The maximum absolute atomic E-state index is 11.3. The lowest BCUT2D eigenvalue weighted by Crippen LogP contribution is -2.61. The molecule has 0 spiro atoms. The van der Waals surface area contributed by atoms with Gasteiger partial charge in [-0.1, -0.05) is 45.9 Å². The number of aliphatic hydroxyl groups is 1. The summed E-state index contributed by atoms with van der Waals surface area (Å²) < 4.78 is 0. The molecule has 9 atom stereocenters. The molecule has 1 heterocycles. The number of allylic oxidation sites excluding steroid dienone is 3. The number of carbonyl (C=O) groups is 1. The van der Waals surface area contributed by atoms with E-state index < -0.39 is 5.97 Å². The van der Waals surface area contributed by atoms with Crippen molar-refractivity contribution < 1.29 is 15.0 Å². The summed E-state index contributed by atoms with van der Waals surface area (Å²) in [7, 11) is 0. The molecule has 1 unspecified atom stereocenters. The van der Waals surface area contributed by atoms with E-state index in [0.29, 0.717) is 41.6 Å². The fourth-order valence-corrected chi connectivity index (χ4v) is 11.7. The van der Waals surface area contributed by atoms with Gasteiger partial charge < -0.3 is 10.2 Å². The Morgan fingerprint density at radius 1 is 0.949 bits per heavy atom. The summed E-state index contributed by atoms with van der Waals surface area (Å²) in [6.45, 7) is 17.0. The van der Waals surface area contributed by atoms with Gasteiger partial charge in [-0.3, -0.25) is 0 Å². The number of carboxylic acids is 1. The van der Waals surface area contributed by atoms with Gasteiger partial charge in [0.1, 0.15) is 0 Å². The van der Waals surface area contributed by atoms with E-state index in [0.717, 1.165) is 17.9 Å². The Bertz CT molecular complexity index is 1200. The van der Waals surface area contributed by atoms with Crippen LogP contribution in [0.1, 0.15) is 109 Å². The van der Waals surface area contributed by atoms with Gasteiger partial charge >= 0.3 is 5.97 Å². The van der Waals surface area contributed by atoms with Crippen LogP contribution < -0.4 is 0 Å². The molecule has 4 saturated carbocycles. The minimum Gasteiger partial charge on any atom is -0.475 e. The van der Waals surface area contributed by atoms with Gasteiger partial charge in [-0.15, -0.1) is 0 Å². The van der Waals surface area contributed by atoms with Gasteiger partial charge in [-0.25, -0.2) is 14.8 Å². The van der Waals surface area contributed by atoms with Crippen LogP contribution in [0, 0.1) is 57.2 Å². The van der Waals surface area contributed by atoms with Crippen molar-refractivity contribution in [2.75, 3.05) is 6.61 Å². The zero-order valence-electron chi connectivity index (χ0n) is 24.7. The minimum absolute atomic E-state index is 0.0288. The molecule has 5 heteroatoms. The number of carboxylic acid groups (broad SMARTS) is 1. The molecule has 212 valence electrons. The molecular weight excluding hydrogens is 484 g/mol. The maximum Gasteiger partial charge on any atom is 0.373 e. The molecule has 0 amide bonds. The number of aromatic nitrogens is 2. The van der Waals surface area contributed by atoms with Gasteiger partial charge in [-0.05, 0) is 127 Å². The standard InChI is InChI=1S/C34H48N2O3/c1-20(2)22-11-14-34(19-37)16-15-32(5)24-9-10-27-31(3,4)23(21-17-35-29(30(38)39)36-18-21)12-13-33(27,6)25(24)7-8-26(32)28(22)34/h12,17-18,22,24-28,37H,1,7-11,13-16,19H2,2-6H3,(H,38,39)/t22-,24?,25-,26+,27-,28+,32-,33+,34+/m0/s1. The largest absolute Gasteiger partial charge is 0.475 e. The van der Waals surface area contributed by atoms with Crippen LogP contribution in [0.4, 0.5) is 0 Å². The van der Waals surface area contributed by atoms with Gasteiger partial charge in [0.05, 0.1) is 0 Å². The van der Waals surface area contributed by atoms with Gasteiger partial charge in [0.2, 0.25) is 5.82 Å². The number of rotatable bonds is 4. The predicted octanol–water partition coefficient (Wildman–Crippen LogP) is 7.43. The lowest BCUT2D eigenvalue weighted by atomic mass is 9.37. The van der Waals surface area contributed by atoms with E-state index in [1.165, 1.54) is 62.5 Å². The Morgan fingerprint density at radius 3 is 2.23 bits per heavy atom. The molecule has 5 nitrogen and oxygen atoms in total. The Kier molecular flexibility index (Phi) is 6.27. The number of nitrogens with zero attached hydrogens (tertiary/aromatic N) is 2. The summed E-state index contributed by atoms with van der Waals surface area (Å²) in [5.74, 6) is 2.65. The molecule has 0 aliphatic heterocycles. The average molecular weight is 533 g/mol. The average Bonchev–Trinajstić information content (AvgIpc) is 3.29. The van der Waals surface area contributed by atoms with Gasteiger partial charge in [0, 0.05) is 24.6 Å². The zero-order valence-corrected chi connectivity index (χ0v) is 24.7. The third-order valence-electron chi connectivity index (χ3n) is 13.5. The van der Waals surface area contributed by atoms with Gasteiger partial charge in [-0.2, -0.15) is 0 Å². The number of aromatic carboxylic acids is 1. The van der Waals surface area contributed by atoms with E-state index in [2.05, 4.69) is 57.2 Å². The lowest BCUT2D eigenvalue weighted by Gasteiger charge is -2.68. The second-order valence-corrected chi connectivity index (χ2v) is 15.2. The first kappa shape index (κ1) is 27.2. The second-order valence-electron chi connectivity index (χ2n) is 15.2. The summed E-state index contributed by atoms with van der Waals surface area (Å²) in [5, 5.41) is 20.0. The fraction of sp³-hybridized carbons (Fsp3) is 0.735. The fourth-order valence-electron chi connectivity index (χ4n) is 11.7. The first-order valence-corrected chi connectivity index (χ1v) is 15.4. The Morgan fingerprint density at radius 2 is 1.59 bits per heavy atom. The summed E-state index contributed by atoms with van der Waals surface area (Å²) in [6, 6.07) is 0. The van der Waals surface area contributed by atoms with E-state index in [1.54, 1.807) is 12.4 Å². The highest BCUT2D eigenvalue weighted by molar-refractivity contribution is 5.83. The van der Waals surface area contributed by atoms with E-state index >= 15 is 0 Å². The van der Waals surface area contributed by atoms with E-state index in [4.69, 9.17) is 0 Å². The number of fused-ring (bicyclic) bond motifs is 7. The van der Waals surface area contributed by atoms with Crippen molar-refractivity contribution in [2.24, 2.45) is 57.2 Å². The van der Waals surface area contributed by atoms with E-state index in [-0.39, 0.29) is 22.1 Å². The molecule has 4 fully saturated rings. The van der Waals surface area contributed by atoms with Crippen LogP contribution in [0.2, 0.25) is 0 Å². The molecule has 0 aromatic carbocycles. The number of hydrogen-bond donors (Lipinski definition) is 2. The molecule has 39 heavy (non-hydrogen) atoms. The van der Waals surface area contributed by atoms with Gasteiger partial charge in [0.15, 0.2) is 0 Å². The predicted molar refractivity (Wildman–Crippen MR) is 154 cm³/mol. The Hall–Kier alpha value is -2.01. The molecule has 6 rings (SSSR count). The molecule has 1 aromatic rings. The third-order valence-corrected chi connectivity index (χ3v) is 13.5. The quantitative estimate of drug-likeness (QED) is 0.394. The monoisotopic (exact) mass is 532 g/mol. The smallest absolute Gasteiger partial charge is 0.373 e. The van der Waals surface area contributed by atoms with Crippen LogP contribution in [-0.2, 0) is 0 Å². The molecule has 2 N–H and O–H groups in total. The van der Waals surface area contributed by atoms with Crippen molar-refractivity contribution in [1.29, 1.82) is 0 Å². The van der Waals surface area contributed by atoms with Crippen molar-refractivity contribution >= 4 is 11.5 Å². The van der Waals surface area contributed by atoms with Crippen LogP contribution in [-0.4, -0.2) is 32.8 Å². The Labute approximate surface area is 234 Å². The van der Waals surface area contributed by atoms with Gasteiger partial charge in [0.25, 0.3) is 0 Å². The highest BCUT2D eigenvalue weighted by atomic mass is 16.4. The zero-order chi connectivity index (χ0) is 28.0. The van der Waals surface area contributed by atoms with Crippen LogP contribution in [0.3, 0.4) is 0 Å². The van der Waals surface area contributed by atoms with Crippen molar-refractivity contribution in [3.05, 3.63) is 42.0 Å². The molecule has 1 aromatic heterocycles. The summed E-state index contributed by atoms with van der Waals surface area (Å²) >= 11 is 0. The van der Waals surface area contributed by atoms with Crippen molar-refractivity contribution in [3.63, 3.8) is 0 Å².